The van der Waals surface area contributed by atoms with E-state index in [1.165, 1.54) is 0 Å². The molecule has 2 N–H and O–H groups in total. The van der Waals surface area contributed by atoms with Crippen molar-refractivity contribution in [2.24, 2.45) is 0 Å². The summed E-state index contributed by atoms with van der Waals surface area (Å²) in [6.45, 7) is 0. The van der Waals surface area contributed by atoms with Gasteiger partial charge in [-0.1, -0.05) is 12.1 Å². The summed E-state index contributed by atoms with van der Waals surface area (Å²) in [6, 6.07) is 6.11. The molecule has 1 aromatic carbocycles. The first-order valence-corrected chi connectivity index (χ1v) is 5.84. The van der Waals surface area contributed by atoms with Crippen LogP contribution in [0, 0.1) is 7.14 Å². The van der Waals surface area contributed by atoms with E-state index in [9.17, 15) is 0 Å². The third kappa shape index (κ3) is 1.61. The summed E-state index contributed by atoms with van der Waals surface area (Å²) in [5.41, 5.74) is 7.54. The van der Waals surface area contributed by atoms with Gasteiger partial charge in [0.05, 0.1) is 17.4 Å². The number of halogens is 2. The molecule has 2 nitrogen and oxygen atoms in total. The van der Waals surface area contributed by atoms with Crippen molar-refractivity contribution in [3.8, 4) is 0 Å². The number of pyridine rings is 1. The lowest BCUT2D eigenvalue weighted by Crippen LogP contribution is -1.93. The Morgan fingerprint density at radius 2 is 2.00 bits per heavy atom. The van der Waals surface area contributed by atoms with Crippen molar-refractivity contribution in [1.29, 1.82) is 0 Å². The number of benzene rings is 1. The number of fused-ring (bicyclic) bond motifs is 1. The highest BCUT2D eigenvalue weighted by atomic mass is 127. The fourth-order valence-electron chi connectivity index (χ4n) is 1.17. The molecule has 0 unspecified atom stereocenters. The van der Waals surface area contributed by atoms with E-state index < -0.39 is 0 Å². The minimum absolute atomic E-state index is 0.745. The fraction of sp³-hybridized carbons (Fsp3) is 0. The van der Waals surface area contributed by atoms with E-state index in [2.05, 4.69) is 50.2 Å². The molecule has 66 valence electrons. The van der Waals surface area contributed by atoms with Crippen molar-refractivity contribution < 1.29 is 0 Å². The molecule has 0 bridgehead atoms. The van der Waals surface area contributed by atoms with Gasteiger partial charge in [0.15, 0.2) is 0 Å². The quantitative estimate of drug-likeness (QED) is 0.696. The van der Waals surface area contributed by atoms with Crippen LogP contribution in [0.1, 0.15) is 0 Å². The van der Waals surface area contributed by atoms with Gasteiger partial charge in [0, 0.05) is 12.5 Å². The Morgan fingerprint density at radius 1 is 1.23 bits per heavy atom. The number of nitrogen functional groups attached to an aromatic ring is 1. The van der Waals surface area contributed by atoms with Crippen molar-refractivity contribution in [2.75, 3.05) is 5.73 Å². The molecule has 13 heavy (non-hydrogen) atoms. The summed E-state index contributed by atoms with van der Waals surface area (Å²) in [6.07, 6.45) is 1.71. The largest absolute Gasteiger partial charge is 0.397 e. The second-order valence-corrected chi connectivity index (χ2v) is 4.90. The number of rotatable bonds is 0. The van der Waals surface area contributed by atoms with Crippen molar-refractivity contribution in [3.05, 3.63) is 31.5 Å². The van der Waals surface area contributed by atoms with Crippen LogP contribution in [-0.4, -0.2) is 4.98 Å². The second-order valence-electron chi connectivity index (χ2n) is 2.66. The van der Waals surface area contributed by atoms with Gasteiger partial charge in [-0.3, -0.25) is 4.98 Å². The third-order valence-corrected chi connectivity index (χ3v) is 3.88. The minimum atomic E-state index is 0.745. The molecule has 2 aromatic rings. The number of anilines is 1. The molecule has 0 atom stereocenters. The average molecular weight is 396 g/mol. The topological polar surface area (TPSA) is 38.9 Å². The molecule has 0 radical (unpaired) electrons. The van der Waals surface area contributed by atoms with Crippen LogP contribution in [-0.2, 0) is 0 Å². The van der Waals surface area contributed by atoms with Gasteiger partial charge in [-0.25, -0.2) is 0 Å². The summed E-state index contributed by atoms with van der Waals surface area (Å²) in [5.74, 6) is 0. The maximum Gasteiger partial charge on any atom is 0.0847 e. The molecule has 1 aromatic heterocycles. The number of para-hydroxylation sites is 1. The molecular formula is C9H6I2N2. The van der Waals surface area contributed by atoms with Crippen LogP contribution in [0.3, 0.4) is 0 Å². The van der Waals surface area contributed by atoms with Gasteiger partial charge in [0.25, 0.3) is 0 Å². The summed E-state index contributed by atoms with van der Waals surface area (Å²) in [4.78, 5) is 4.30. The molecule has 2 rings (SSSR count). The Balaban J connectivity index is 2.94. The first-order chi connectivity index (χ1) is 6.20. The van der Waals surface area contributed by atoms with Gasteiger partial charge in [0.2, 0.25) is 0 Å². The van der Waals surface area contributed by atoms with Gasteiger partial charge in [-0.05, 0) is 51.2 Å². The van der Waals surface area contributed by atoms with E-state index in [-0.39, 0.29) is 0 Å². The predicted octanol–water partition coefficient (Wildman–Crippen LogP) is 3.03. The Labute approximate surface area is 103 Å². The standard InChI is InChI=1S/C9H6I2N2/c10-6-3-1-2-5-8(11)7(12)4-13-9(5)6/h1-4H,12H2. The highest BCUT2D eigenvalue weighted by molar-refractivity contribution is 14.1. The highest BCUT2D eigenvalue weighted by Gasteiger charge is 2.04. The molecule has 0 saturated heterocycles. The Kier molecular flexibility index (Phi) is 2.59. The van der Waals surface area contributed by atoms with E-state index in [1.807, 2.05) is 18.2 Å². The van der Waals surface area contributed by atoms with Crippen LogP contribution in [0.15, 0.2) is 24.4 Å². The zero-order valence-electron chi connectivity index (χ0n) is 6.59. The number of aromatic nitrogens is 1. The fourth-order valence-corrected chi connectivity index (χ4v) is 2.38. The van der Waals surface area contributed by atoms with Gasteiger partial charge in [-0.15, -0.1) is 0 Å². The minimum Gasteiger partial charge on any atom is -0.397 e. The summed E-state index contributed by atoms with van der Waals surface area (Å²) in [5, 5.41) is 1.13. The van der Waals surface area contributed by atoms with Crippen LogP contribution < -0.4 is 5.73 Å². The smallest absolute Gasteiger partial charge is 0.0847 e. The molecule has 0 aliphatic carbocycles. The van der Waals surface area contributed by atoms with Crippen molar-refractivity contribution >= 4 is 61.8 Å². The zero-order valence-corrected chi connectivity index (χ0v) is 10.9. The molecular weight excluding hydrogens is 390 g/mol. The zero-order chi connectivity index (χ0) is 9.42. The molecule has 0 aliphatic rings. The van der Waals surface area contributed by atoms with Gasteiger partial charge < -0.3 is 5.73 Å². The summed E-state index contributed by atoms with van der Waals surface area (Å²) in [7, 11) is 0. The first kappa shape index (κ1) is 9.45. The van der Waals surface area contributed by atoms with E-state index >= 15 is 0 Å². The number of hydrogen-bond acceptors (Lipinski definition) is 2. The van der Waals surface area contributed by atoms with E-state index in [1.54, 1.807) is 6.20 Å². The van der Waals surface area contributed by atoms with E-state index in [0.29, 0.717) is 0 Å². The number of hydrogen-bond donors (Lipinski definition) is 1. The summed E-state index contributed by atoms with van der Waals surface area (Å²) >= 11 is 4.53. The summed E-state index contributed by atoms with van der Waals surface area (Å²) < 4.78 is 2.24. The molecule has 0 amide bonds. The first-order valence-electron chi connectivity index (χ1n) is 3.68. The van der Waals surface area contributed by atoms with Gasteiger partial charge >= 0.3 is 0 Å². The normalized spacial score (nSPS) is 10.6. The molecule has 0 spiro atoms. The van der Waals surface area contributed by atoms with Crippen LogP contribution in [0.5, 0.6) is 0 Å². The van der Waals surface area contributed by atoms with Crippen LogP contribution in [0.2, 0.25) is 0 Å². The van der Waals surface area contributed by atoms with Gasteiger partial charge in [0.1, 0.15) is 0 Å². The second kappa shape index (κ2) is 3.56. The molecule has 4 heteroatoms. The Morgan fingerprint density at radius 3 is 2.77 bits per heavy atom. The van der Waals surface area contributed by atoms with Gasteiger partial charge in [-0.2, -0.15) is 0 Å². The Hall–Kier alpha value is -0.110. The maximum absolute atomic E-state index is 5.76. The monoisotopic (exact) mass is 396 g/mol. The number of nitrogens with zero attached hydrogens (tertiary/aromatic N) is 1. The highest BCUT2D eigenvalue weighted by Crippen LogP contribution is 2.26. The third-order valence-electron chi connectivity index (χ3n) is 1.81. The van der Waals surface area contributed by atoms with Crippen LogP contribution in [0.4, 0.5) is 5.69 Å². The predicted molar refractivity (Wildman–Crippen MR) is 71.6 cm³/mol. The van der Waals surface area contributed by atoms with Crippen molar-refractivity contribution in [2.45, 2.75) is 0 Å². The van der Waals surface area contributed by atoms with Crippen LogP contribution >= 0.6 is 45.2 Å². The lowest BCUT2D eigenvalue weighted by molar-refractivity contribution is 1.39. The van der Waals surface area contributed by atoms with Crippen molar-refractivity contribution in [1.82, 2.24) is 4.98 Å². The Bertz CT molecular complexity index is 468. The SMILES string of the molecule is Nc1cnc2c(I)cccc2c1I. The molecule has 0 fully saturated rings. The lowest BCUT2D eigenvalue weighted by atomic mass is 10.2. The number of nitrogens with two attached hydrogens (primary N) is 1. The molecule has 1 heterocycles. The van der Waals surface area contributed by atoms with E-state index in [0.717, 1.165) is 23.7 Å². The lowest BCUT2D eigenvalue weighted by Gasteiger charge is -2.03. The maximum atomic E-state index is 5.76. The van der Waals surface area contributed by atoms with Crippen LogP contribution in [0.25, 0.3) is 10.9 Å². The molecule has 0 saturated carbocycles. The van der Waals surface area contributed by atoms with Crippen molar-refractivity contribution in [3.63, 3.8) is 0 Å². The average Bonchev–Trinajstić information content (AvgIpc) is 2.12. The van der Waals surface area contributed by atoms with E-state index in [4.69, 9.17) is 5.73 Å². The molecule has 0 aliphatic heterocycles.